The van der Waals surface area contributed by atoms with E-state index in [2.05, 4.69) is 15.0 Å². The molecule has 0 aliphatic heterocycles. The van der Waals surface area contributed by atoms with Crippen molar-refractivity contribution in [3.8, 4) is 0 Å². The van der Waals surface area contributed by atoms with Crippen molar-refractivity contribution >= 4 is 32.2 Å². The van der Waals surface area contributed by atoms with E-state index in [1.165, 1.54) is 0 Å². The first-order valence-corrected chi connectivity index (χ1v) is 8.02. The molecule has 108 valence electrons. The van der Waals surface area contributed by atoms with Crippen molar-refractivity contribution in [2.24, 2.45) is 0 Å². The van der Waals surface area contributed by atoms with Gasteiger partial charge in [-0.15, -0.1) is 0 Å². The number of hydrogen-bond donors (Lipinski definition) is 3. The lowest BCUT2D eigenvalue weighted by Crippen LogP contribution is -2.29. The van der Waals surface area contributed by atoms with Gasteiger partial charge in [0.2, 0.25) is 10.0 Å². The number of nitrogens with two attached hydrogens (primary N) is 1. The number of sulfonamides is 1. The van der Waals surface area contributed by atoms with Crippen molar-refractivity contribution < 1.29 is 8.42 Å². The van der Waals surface area contributed by atoms with Gasteiger partial charge in [0, 0.05) is 47.6 Å². The van der Waals surface area contributed by atoms with Crippen LogP contribution in [0.2, 0.25) is 0 Å². The number of nitrogen functional groups attached to an aromatic ring is 1. The second-order valence-electron chi connectivity index (χ2n) is 4.37. The standard InChI is InChI=1S/C13H18N4O2S/c1-2-17-20(18,19)8-7-16-13-4-3-12(14)10-5-6-15-9-11(10)13/h3-6,9,16-17H,2,7-8,14H2,1H3. The fraction of sp³-hybridized carbons (Fsp3) is 0.308. The molecule has 0 fully saturated rings. The summed E-state index contributed by atoms with van der Waals surface area (Å²) < 4.78 is 25.6. The first-order chi connectivity index (χ1) is 9.53. The van der Waals surface area contributed by atoms with Gasteiger partial charge in [-0.05, 0) is 18.2 Å². The van der Waals surface area contributed by atoms with E-state index in [1.54, 1.807) is 25.4 Å². The Morgan fingerprint density at radius 3 is 2.80 bits per heavy atom. The van der Waals surface area contributed by atoms with Crippen LogP contribution in [0.3, 0.4) is 0 Å². The highest BCUT2D eigenvalue weighted by Gasteiger charge is 2.09. The van der Waals surface area contributed by atoms with E-state index in [0.29, 0.717) is 18.8 Å². The Hall–Kier alpha value is -1.86. The highest BCUT2D eigenvalue weighted by atomic mass is 32.2. The van der Waals surface area contributed by atoms with Gasteiger partial charge in [0.1, 0.15) is 0 Å². The van der Waals surface area contributed by atoms with Gasteiger partial charge in [-0.25, -0.2) is 13.1 Å². The van der Waals surface area contributed by atoms with Crippen LogP contribution in [-0.2, 0) is 10.0 Å². The van der Waals surface area contributed by atoms with Crippen LogP contribution in [0.1, 0.15) is 6.92 Å². The van der Waals surface area contributed by atoms with Crippen LogP contribution < -0.4 is 15.8 Å². The van der Waals surface area contributed by atoms with Crippen molar-refractivity contribution in [3.63, 3.8) is 0 Å². The van der Waals surface area contributed by atoms with Gasteiger partial charge < -0.3 is 11.1 Å². The lowest BCUT2D eigenvalue weighted by Gasteiger charge is -2.11. The van der Waals surface area contributed by atoms with Crippen molar-refractivity contribution in [1.29, 1.82) is 0 Å². The first-order valence-electron chi connectivity index (χ1n) is 6.37. The molecule has 2 aromatic rings. The largest absolute Gasteiger partial charge is 0.398 e. The predicted molar refractivity (Wildman–Crippen MR) is 82.1 cm³/mol. The summed E-state index contributed by atoms with van der Waals surface area (Å²) in [6.45, 7) is 2.48. The van der Waals surface area contributed by atoms with Crippen LogP contribution in [0.4, 0.5) is 11.4 Å². The molecule has 0 saturated carbocycles. The lowest BCUT2D eigenvalue weighted by atomic mass is 10.1. The van der Waals surface area contributed by atoms with Crippen LogP contribution >= 0.6 is 0 Å². The SMILES string of the molecule is CCNS(=O)(=O)CCNc1ccc(N)c2ccncc12. The molecule has 6 nitrogen and oxygen atoms in total. The molecular weight excluding hydrogens is 276 g/mol. The maximum atomic E-state index is 11.6. The Kier molecular flexibility index (Phi) is 4.41. The molecule has 0 radical (unpaired) electrons. The number of anilines is 2. The van der Waals surface area contributed by atoms with Crippen LogP contribution in [-0.4, -0.2) is 32.2 Å². The van der Waals surface area contributed by atoms with E-state index in [9.17, 15) is 8.42 Å². The molecule has 0 aliphatic rings. The van der Waals surface area contributed by atoms with E-state index >= 15 is 0 Å². The van der Waals surface area contributed by atoms with Gasteiger partial charge in [0.05, 0.1) is 5.75 Å². The summed E-state index contributed by atoms with van der Waals surface area (Å²) >= 11 is 0. The van der Waals surface area contributed by atoms with Gasteiger partial charge in [0.25, 0.3) is 0 Å². The van der Waals surface area contributed by atoms with Gasteiger partial charge in [0.15, 0.2) is 0 Å². The number of benzene rings is 1. The maximum absolute atomic E-state index is 11.6. The molecule has 1 aromatic heterocycles. The summed E-state index contributed by atoms with van der Waals surface area (Å²) in [5.74, 6) is 0.0208. The number of nitrogens with zero attached hydrogens (tertiary/aromatic N) is 1. The fourth-order valence-electron chi connectivity index (χ4n) is 1.98. The molecule has 1 heterocycles. The normalized spacial score (nSPS) is 11.7. The minimum atomic E-state index is -3.22. The van der Waals surface area contributed by atoms with Gasteiger partial charge >= 0.3 is 0 Å². The topological polar surface area (TPSA) is 97.1 Å². The van der Waals surface area contributed by atoms with Gasteiger partial charge in [-0.2, -0.15) is 0 Å². The van der Waals surface area contributed by atoms with E-state index in [0.717, 1.165) is 16.5 Å². The number of rotatable bonds is 6. The number of fused-ring (bicyclic) bond motifs is 1. The molecule has 0 unspecified atom stereocenters. The van der Waals surface area contributed by atoms with Crippen LogP contribution in [0.25, 0.3) is 10.8 Å². The monoisotopic (exact) mass is 294 g/mol. The molecule has 0 bridgehead atoms. The Morgan fingerprint density at radius 2 is 2.05 bits per heavy atom. The van der Waals surface area contributed by atoms with Crippen LogP contribution in [0.15, 0.2) is 30.6 Å². The van der Waals surface area contributed by atoms with E-state index in [-0.39, 0.29) is 5.75 Å². The minimum absolute atomic E-state index is 0.0208. The molecule has 1 aromatic carbocycles. The summed E-state index contributed by atoms with van der Waals surface area (Å²) in [5, 5.41) is 4.90. The third-order valence-electron chi connectivity index (χ3n) is 2.90. The predicted octanol–water partition coefficient (Wildman–Crippen LogP) is 1.17. The summed E-state index contributed by atoms with van der Waals surface area (Å²) in [5.41, 5.74) is 7.40. The molecule has 4 N–H and O–H groups in total. The zero-order chi connectivity index (χ0) is 14.6. The Bertz CT molecular complexity index is 701. The van der Waals surface area contributed by atoms with Crippen LogP contribution in [0.5, 0.6) is 0 Å². The van der Waals surface area contributed by atoms with E-state index in [4.69, 9.17) is 5.73 Å². The molecule has 0 spiro atoms. The number of nitrogens with one attached hydrogen (secondary N) is 2. The number of hydrogen-bond acceptors (Lipinski definition) is 5. The Morgan fingerprint density at radius 1 is 1.25 bits per heavy atom. The van der Waals surface area contributed by atoms with Crippen molar-refractivity contribution in [3.05, 3.63) is 30.6 Å². The van der Waals surface area contributed by atoms with E-state index in [1.807, 2.05) is 12.1 Å². The number of aromatic nitrogens is 1. The van der Waals surface area contributed by atoms with Crippen molar-refractivity contribution in [2.75, 3.05) is 29.9 Å². The molecule has 20 heavy (non-hydrogen) atoms. The zero-order valence-electron chi connectivity index (χ0n) is 11.3. The highest BCUT2D eigenvalue weighted by Crippen LogP contribution is 2.27. The Balaban J connectivity index is 2.13. The smallest absolute Gasteiger partial charge is 0.213 e. The third kappa shape index (κ3) is 3.37. The molecule has 0 aliphatic carbocycles. The molecule has 0 atom stereocenters. The summed E-state index contributed by atoms with van der Waals surface area (Å²) in [6.07, 6.45) is 3.39. The summed E-state index contributed by atoms with van der Waals surface area (Å²) in [6, 6.07) is 5.47. The lowest BCUT2D eigenvalue weighted by molar-refractivity contribution is 0.584. The second kappa shape index (κ2) is 6.06. The van der Waals surface area contributed by atoms with Gasteiger partial charge in [-0.1, -0.05) is 6.92 Å². The van der Waals surface area contributed by atoms with Crippen molar-refractivity contribution in [1.82, 2.24) is 9.71 Å². The summed E-state index contributed by atoms with van der Waals surface area (Å²) in [4.78, 5) is 4.07. The summed E-state index contributed by atoms with van der Waals surface area (Å²) in [7, 11) is -3.22. The first kappa shape index (κ1) is 14.5. The molecule has 7 heteroatoms. The maximum Gasteiger partial charge on any atom is 0.213 e. The molecular formula is C13H18N4O2S. The zero-order valence-corrected chi connectivity index (χ0v) is 12.1. The van der Waals surface area contributed by atoms with Crippen LogP contribution in [0, 0.1) is 0 Å². The van der Waals surface area contributed by atoms with E-state index < -0.39 is 10.0 Å². The minimum Gasteiger partial charge on any atom is -0.398 e. The Labute approximate surface area is 118 Å². The second-order valence-corrected chi connectivity index (χ2v) is 6.29. The third-order valence-corrected chi connectivity index (χ3v) is 4.37. The molecule has 0 amide bonds. The average Bonchev–Trinajstić information content (AvgIpc) is 2.41. The van der Waals surface area contributed by atoms with Gasteiger partial charge in [-0.3, -0.25) is 4.98 Å². The molecule has 2 rings (SSSR count). The average molecular weight is 294 g/mol. The van der Waals surface area contributed by atoms with Crippen molar-refractivity contribution in [2.45, 2.75) is 6.92 Å². The number of pyridine rings is 1. The quantitative estimate of drug-likeness (QED) is 0.695. The highest BCUT2D eigenvalue weighted by molar-refractivity contribution is 7.89. The molecule has 0 saturated heterocycles. The fourth-order valence-corrected chi connectivity index (χ4v) is 2.93.